The molecule has 1 saturated heterocycles. The highest BCUT2D eigenvalue weighted by Gasteiger charge is 2.20. The molecule has 1 fully saturated rings. The highest BCUT2D eigenvalue weighted by molar-refractivity contribution is 4.84. The van der Waals surface area contributed by atoms with Crippen molar-refractivity contribution in [3.63, 3.8) is 0 Å². The van der Waals surface area contributed by atoms with Gasteiger partial charge in [-0.25, -0.2) is 0 Å². The molecule has 1 heterocycles. The van der Waals surface area contributed by atoms with Crippen molar-refractivity contribution in [3.05, 3.63) is 12.3 Å². The second kappa shape index (κ2) is 4.33. The van der Waals surface area contributed by atoms with Crippen LogP contribution >= 0.6 is 0 Å². The third-order valence-corrected chi connectivity index (χ3v) is 1.42. The standard InChI is InChI=1S/C7H12O4/c8-3-2-6(9)7-10-4-1-5-11-7/h2-3,6-9H,1,4-5H2. The zero-order valence-electron chi connectivity index (χ0n) is 6.14. The van der Waals surface area contributed by atoms with Crippen molar-refractivity contribution in [2.24, 2.45) is 0 Å². The number of hydrogen-bond acceptors (Lipinski definition) is 4. The first-order valence-electron chi connectivity index (χ1n) is 3.57. The van der Waals surface area contributed by atoms with E-state index in [1.807, 2.05) is 0 Å². The lowest BCUT2D eigenvalue weighted by molar-refractivity contribution is -0.212. The molecule has 1 atom stereocenters. The van der Waals surface area contributed by atoms with Crippen LogP contribution < -0.4 is 0 Å². The van der Waals surface area contributed by atoms with Gasteiger partial charge in [0, 0.05) is 0 Å². The first-order chi connectivity index (χ1) is 5.34. The number of aliphatic hydroxyl groups is 2. The molecule has 0 aromatic rings. The molecular formula is C7H12O4. The van der Waals surface area contributed by atoms with Crippen LogP contribution in [0.25, 0.3) is 0 Å². The molecular weight excluding hydrogens is 148 g/mol. The van der Waals surface area contributed by atoms with Gasteiger partial charge in [-0.3, -0.25) is 0 Å². The molecule has 64 valence electrons. The van der Waals surface area contributed by atoms with Crippen LogP contribution in [0.3, 0.4) is 0 Å². The number of ether oxygens (including phenoxy) is 2. The van der Waals surface area contributed by atoms with Crippen LogP contribution in [0.5, 0.6) is 0 Å². The van der Waals surface area contributed by atoms with Crippen molar-refractivity contribution in [1.82, 2.24) is 0 Å². The highest BCUT2D eigenvalue weighted by atomic mass is 16.7. The summed E-state index contributed by atoms with van der Waals surface area (Å²) in [5, 5.41) is 17.5. The Labute approximate surface area is 65.0 Å². The summed E-state index contributed by atoms with van der Waals surface area (Å²) in [7, 11) is 0. The van der Waals surface area contributed by atoms with E-state index in [0.717, 1.165) is 12.7 Å². The van der Waals surface area contributed by atoms with Crippen molar-refractivity contribution in [1.29, 1.82) is 0 Å². The van der Waals surface area contributed by atoms with E-state index < -0.39 is 12.4 Å². The normalized spacial score (nSPS) is 24.1. The van der Waals surface area contributed by atoms with E-state index in [0.29, 0.717) is 13.2 Å². The summed E-state index contributed by atoms with van der Waals surface area (Å²) < 4.78 is 10.1. The Hall–Kier alpha value is -0.580. The molecule has 0 aromatic carbocycles. The Kier molecular flexibility index (Phi) is 3.35. The average molecular weight is 160 g/mol. The van der Waals surface area contributed by atoms with E-state index in [-0.39, 0.29) is 0 Å². The molecule has 1 rings (SSSR count). The van der Waals surface area contributed by atoms with Crippen molar-refractivity contribution in [2.45, 2.75) is 18.8 Å². The number of rotatable bonds is 2. The predicted molar refractivity (Wildman–Crippen MR) is 38.1 cm³/mol. The molecule has 11 heavy (non-hydrogen) atoms. The van der Waals surface area contributed by atoms with Gasteiger partial charge in [-0.1, -0.05) is 0 Å². The Morgan fingerprint density at radius 2 is 2.00 bits per heavy atom. The van der Waals surface area contributed by atoms with Crippen LogP contribution in [-0.2, 0) is 9.47 Å². The molecule has 2 N–H and O–H groups in total. The van der Waals surface area contributed by atoms with Gasteiger partial charge in [-0.05, 0) is 12.5 Å². The van der Waals surface area contributed by atoms with Crippen molar-refractivity contribution < 1.29 is 19.7 Å². The van der Waals surface area contributed by atoms with E-state index in [1.54, 1.807) is 0 Å². The third-order valence-electron chi connectivity index (χ3n) is 1.42. The SMILES string of the molecule is OC=CC(O)C1OCCCO1. The first-order valence-corrected chi connectivity index (χ1v) is 3.57. The quantitative estimate of drug-likeness (QED) is 0.566. The second-order valence-electron chi connectivity index (χ2n) is 2.30. The predicted octanol–water partition coefficient (Wildman–Crippen LogP) is 0.182. The van der Waals surface area contributed by atoms with Crippen LogP contribution in [0.15, 0.2) is 12.3 Å². The summed E-state index contributed by atoms with van der Waals surface area (Å²) in [5.74, 6) is 0. The maximum Gasteiger partial charge on any atom is 0.187 e. The molecule has 1 aliphatic rings. The van der Waals surface area contributed by atoms with E-state index in [9.17, 15) is 5.11 Å². The van der Waals surface area contributed by atoms with Crippen molar-refractivity contribution >= 4 is 0 Å². The van der Waals surface area contributed by atoms with E-state index in [4.69, 9.17) is 14.6 Å². The molecule has 1 unspecified atom stereocenters. The maximum atomic E-state index is 9.18. The molecule has 4 heteroatoms. The molecule has 0 aliphatic carbocycles. The summed E-state index contributed by atoms with van der Waals surface area (Å²) >= 11 is 0. The minimum absolute atomic E-state index is 0.598. The summed E-state index contributed by atoms with van der Waals surface area (Å²) in [6.45, 7) is 1.20. The molecule has 0 amide bonds. The van der Waals surface area contributed by atoms with Gasteiger partial charge in [0.15, 0.2) is 6.29 Å². The van der Waals surface area contributed by atoms with Gasteiger partial charge in [0.1, 0.15) is 6.10 Å². The molecule has 4 nitrogen and oxygen atoms in total. The molecule has 0 aromatic heterocycles. The van der Waals surface area contributed by atoms with Crippen molar-refractivity contribution in [2.75, 3.05) is 13.2 Å². The highest BCUT2D eigenvalue weighted by Crippen LogP contribution is 2.09. The zero-order chi connectivity index (χ0) is 8.10. The minimum Gasteiger partial charge on any atom is -0.516 e. The Morgan fingerprint density at radius 3 is 2.55 bits per heavy atom. The lowest BCUT2D eigenvalue weighted by atomic mass is 10.3. The molecule has 0 saturated carbocycles. The molecule has 1 aliphatic heterocycles. The number of aliphatic hydroxyl groups excluding tert-OH is 2. The summed E-state index contributed by atoms with van der Waals surface area (Å²) in [6, 6.07) is 0. The van der Waals surface area contributed by atoms with Crippen LogP contribution in [0.1, 0.15) is 6.42 Å². The fourth-order valence-corrected chi connectivity index (χ4v) is 0.882. The number of hydrogen-bond donors (Lipinski definition) is 2. The topological polar surface area (TPSA) is 58.9 Å². The average Bonchev–Trinajstić information content (AvgIpc) is 2.07. The molecule has 0 spiro atoms. The Bertz CT molecular complexity index is 128. The van der Waals surface area contributed by atoms with Gasteiger partial charge in [0.25, 0.3) is 0 Å². The van der Waals surface area contributed by atoms with Crippen LogP contribution in [0, 0.1) is 0 Å². The van der Waals surface area contributed by atoms with E-state index in [2.05, 4.69) is 0 Å². The van der Waals surface area contributed by atoms with Crippen LogP contribution in [0.2, 0.25) is 0 Å². The minimum atomic E-state index is -0.875. The van der Waals surface area contributed by atoms with E-state index in [1.165, 1.54) is 6.08 Å². The summed E-state index contributed by atoms with van der Waals surface area (Å²) in [4.78, 5) is 0. The Morgan fingerprint density at radius 1 is 1.36 bits per heavy atom. The Balaban J connectivity index is 2.32. The summed E-state index contributed by atoms with van der Waals surface area (Å²) in [5.41, 5.74) is 0. The smallest absolute Gasteiger partial charge is 0.187 e. The maximum absolute atomic E-state index is 9.18. The van der Waals surface area contributed by atoms with Gasteiger partial charge < -0.3 is 19.7 Å². The van der Waals surface area contributed by atoms with Crippen LogP contribution in [0.4, 0.5) is 0 Å². The fourth-order valence-electron chi connectivity index (χ4n) is 0.882. The van der Waals surface area contributed by atoms with E-state index >= 15 is 0 Å². The van der Waals surface area contributed by atoms with Gasteiger partial charge in [-0.15, -0.1) is 0 Å². The molecule has 0 bridgehead atoms. The monoisotopic (exact) mass is 160 g/mol. The summed E-state index contributed by atoms with van der Waals surface area (Å²) in [6.07, 6.45) is 1.36. The first kappa shape index (κ1) is 8.52. The van der Waals surface area contributed by atoms with Gasteiger partial charge in [0.05, 0.1) is 19.5 Å². The lowest BCUT2D eigenvalue weighted by Crippen LogP contribution is -2.34. The van der Waals surface area contributed by atoms with Gasteiger partial charge in [-0.2, -0.15) is 0 Å². The van der Waals surface area contributed by atoms with Gasteiger partial charge >= 0.3 is 0 Å². The fraction of sp³-hybridized carbons (Fsp3) is 0.714. The largest absolute Gasteiger partial charge is 0.516 e. The second-order valence-corrected chi connectivity index (χ2v) is 2.30. The third kappa shape index (κ3) is 2.49. The van der Waals surface area contributed by atoms with Crippen LogP contribution in [-0.4, -0.2) is 35.8 Å². The van der Waals surface area contributed by atoms with Gasteiger partial charge in [0.2, 0.25) is 0 Å². The zero-order valence-corrected chi connectivity index (χ0v) is 6.14. The lowest BCUT2D eigenvalue weighted by Gasteiger charge is -2.25. The van der Waals surface area contributed by atoms with Crippen molar-refractivity contribution in [3.8, 4) is 0 Å². The molecule has 0 radical (unpaired) electrons.